The zero-order valence-corrected chi connectivity index (χ0v) is 9.69. The van der Waals surface area contributed by atoms with Crippen molar-refractivity contribution in [2.75, 3.05) is 25.3 Å². The lowest BCUT2D eigenvalue weighted by molar-refractivity contribution is -0.133. The summed E-state index contributed by atoms with van der Waals surface area (Å²) in [5.74, 6) is 0. The summed E-state index contributed by atoms with van der Waals surface area (Å²) in [5, 5.41) is 11.9. The van der Waals surface area contributed by atoms with Gasteiger partial charge in [-0.1, -0.05) is 12.1 Å². The number of anilines is 1. The highest BCUT2D eigenvalue weighted by atomic mass is 16.7. The van der Waals surface area contributed by atoms with Gasteiger partial charge in [0.2, 0.25) is 0 Å². The summed E-state index contributed by atoms with van der Waals surface area (Å²) in [5.41, 5.74) is 2.10. The molecule has 1 atom stereocenters. The molecule has 1 aliphatic heterocycles. The van der Waals surface area contributed by atoms with Crippen molar-refractivity contribution in [1.29, 1.82) is 5.26 Å². The van der Waals surface area contributed by atoms with E-state index in [2.05, 4.69) is 11.4 Å². The fourth-order valence-electron chi connectivity index (χ4n) is 1.73. The van der Waals surface area contributed by atoms with Crippen LogP contribution in [0.4, 0.5) is 5.69 Å². The Hall–Kier alpha value is -1.57. The minimum Gasteiger partial charge on any atom is -0.382 e. The van der Waals surface area contributed by atoms with Gasteiger partial charge in [0.25, 0.3) is 0 Å². The fraction of sp³-hybridized carbons (Fsp3) is 0.462. The molecule has 1 aromatic carbocycles. The van der Waals surface area contributed by atoms with Gasteiger partial charge in [-0.05, 0) is 24.1 Å². The quantitative estimate of drug-likeness (QED) is 0.861. The minimum absolute atomic E-state index is 0.225. The minimum atomic E-state index is 0.225. The maximum absolute atomic E-state index is 8.57. The van der Waals surface area contributed by atoms with E-state index in [1.54, 1.807) is 0 Å². The summed E-state index contributed by atoms with van der Waals surface area (Å²) in [6.45, 7) is 1.96. The van der Waals surface area contributed by atoms with Crippen molar-refractivity contribution < 1.29 is 9.47 Å². The first-order chi connectivity index (χ1) is 8.38. The topological polar surface area (TPSA) is 54.3 Å². The predicted octanol–water partition coefficient (Wildman–Crippen LogP) is 1.93. The van der Waals surface area contributed by atoms with Gasteiger partial charge >= 0.3 is 0 Å². The summed E-state index contributed by atoms with van der Waals surface area (Å²) in [6, 6.07) is 10.1. The average molecular weight is 232 g/mol. The number of hydrogen-bond donors (Lipinski definition) is 1. The molecule has 2 rings (SSSR count). The molecule has 1 aromatic rings. The second-order valence-corrected chi connectivity index (χ2v) is 4.02. The van der Waals surface area contributed by atoms with E-state index in [9.17, 15) is 0 Å². The third kappa shape index (κ3) is 3.74. The number of benzene rings is 1. The van der Waals surface area contributed by atoms with Crippen LogP contribution in [0.1, 0.15) is 12.0 Å². The first kappa shape index (κ1) is 11.9. The highest BCUT2D eigenvalue weighted by molar-refractivity contribution is 5.45. The number of nitriles is 1. The largest absolute Gasteiger partial charge is 0.382 e. The molecular weight excluding hydrogens is 216 g/mol. The van der Waals surface area contributed by atoms with Crippen LogP contribution in [-0.4, -0.2) is 26.0 Å². The van der Waals surface area contributed by atoms with E-state index in [1.165, 1.54) is 0 Å². The van der Waals surface area contributed by atoms with Gasteiger partial charge in [0.15, 0.2) is 0 Å². The highest BCUT2D eigenvalue weighted by Gasteiger charge is 2.13. The molecule has 90 valence electrons. The van der Waals surface area contributed by atoms with E-state index in [0.29, 0.717) is 13.2 Å². The van der Waals surface area contributed by atoms with E-state index in [0.717, 1.165) is 30.8 Å². The van der Waals surface area contributed by atoms with Crippen molar-refractivity contribution in [2.45, 2.75) is 18.9 Å². The normalized spacial score (nSPS) is 19.6. The zero-order valence-electron chi connectivity index (χ0n) is 9.69. The second kappa shape index (κ2) is 6.24. The van der Waals surface area contributed by atoms with Gasteiger partial charge in [-0.3, -0.25) is 0 Å². The van der Waals surface area contributed by atoms with Crippen LogP contribution >= 0.6 is 0 Å². The van der Waals surface area contributed by atoms with E-state index in [-0.39, 0.29) is 6.10 Å². The Morgan fingerprint density at radius 2 is 2.18 bits per heavy atom. The molecule has 17 heavy (non-hydrogen) atoms. The van der Waals surface area contributed by atoms with E-state index in [1.807, 2.05) is 24.3 Å². The van der Waals surface area contributed by atoms with E-state index < -0.39 is 0 Å². The Morgan fingerprint density at radius 1 is 1.35 bits per heavy atom. The van der Waals surface area contributed by atoms with Crippen LogP contribution in [0.3, 0.4) is 0 Å². The molecule has 0 amide bonds. The maximum Gasteiger partial charge on any atom is 0.147 e. The first-order valence-corrected chi connectivity index (χ1v) is 5.77. The number of ether oxygens (including phenoxy) is 2. The third-order valence-electron chi connectivity index (χ3n) is 2.74. The zero-order chi connectivity index (χ0) is 11.9. The van der Waals surface area contributed by atoms with Crippen molar-refractivity contribution in [3.8, 4) is 6.07 Å². The smallest absolute Gasteiger partial charge is 0.147 e. The molecule has 1 N–H and O–H groups in total. The van der Waals surface area contributed by atoms with Crippen LogP contribution in [0.25, 0.3) is 0 Å². The molecule has 1 saturated heterocycles. The standard InChI is InChI=1S/C13H16N2O2/c14-7-5-11-1-3-12(4-2-11)15-9-13-6-8-16-10-17-13/h1-4,13,15H,5-6,8-10H2. The fourth-order valence-corrected chi connectivity index (χ4v) is 1.73. The van der Waals surface area contributed by atoms with Crippen molar-refractivity contribution in [2.24, 2.45) is 0 Å². The van der Waals surface area contributed by atoms with E-state index >= 15 is 0 Å². The van der Waals surface area contributed by atoms with Gasteiger partial charge in [-0.15, -0.1) is 0 Å². The Kier molecular flexibility index (Phi) is 4.37. The maximum atomic E-state index is 8.57. The van der Waals surface area contributed by atoms with Crippen molar-refractivity contribution in [3.63, 3.8) is 0 Å². The SMILES string of the molecule is N#CCc1ccc(NCC2CCOCO2)cc1. The lowest BCUT2D eigenvalue weighted by atomic mass is 10.1. The predicted molar refractivity (Wildman–Crippen MR) is 64.6 cm³/mol. The summed E-state index contributed by atoms with van der Waals surface area (Å²) >= 11 is 0. The molecule has 0 aliphatic carbocycles. The summed E-state index contributed by atoms with van der Waals surface area (Å²) < 4.78 is 10.5. The van der Waals surface area contributed by atoms with Crippen molar-refractivity contribution >= 4 is 5.69 Å². The van der Waals surface area contributed by atoms with Crippen molar-refractivity contribution in [1.82, 2.24) is 0 Å². The second-order valence-electron chi connectivity index (χ2n) is 4.02. The molecule has 0 bridgehead atoms. The first-order valence-electron chi connectivity index (χ1n) is 5.77. The van der Waals surface area contributed by atoms with Crippen LogP contribution in [0.5, 0.6) is 0 Å². The molecule has 1 fully saturated rings. The highest BCUT2D eigenvalue weighted by Crippen LogP contribution is 2.12. The monoisotopic (exact) mass is 232 g/mol. The molecule has 1 aliphatic rings. The molecule has 4 nitrogen and oxygen atoms in total. The van der Waals surface area contributed by atoms with Crippen LogP contribution in [0.15, 0.2) is 24.3 Å². The molecule has 0 radical (unpaired) electrons. The third-order valence-corrected chi connectivity index (χ3v) is 2.74. The van der Waals surface area contributed by atoms with Crippen LogP contribution in [-0.2, 0) is 15.9 Å². The molecule has 1 unspecified atom stereocenters. The Labute approximate surface area is 101 Å². The molecule has 0 aromatic heterocycles. The van der Waals surface area contributed by atoms with Gasteiger partial charge in [0, 0.05) is 12.2 Å². The molecule has 1 heterocycles. The molecule has 0 saturated carbocycles. The lowest BCUT2D eigenvalue weighted by Gasteiger charge is -2.23. The molecule has 4 heteroatoms. The number of hydrogen-bond acceptors (Lipinski definition) is 4. The number of rotatable bonds is 4. The van der Waals surface area contributed by atoms with Gasteiger partial charge in [-0.2, -0.15) is 5.26 Å². The van der Waals surface area contributed by atoms with E-state index in [4.69, 9.17) is 14.7 Å². The molecular formula is C13H16N2O2. The van der Waals surface area contributed by atoms with Crippen LogP contribution < -0.4 is 5.32 Å². The number of nitrogens with one attached hydrogen (secondary N) is 1. The van der Waals surface area contributed by atoms with Gasteiger partial charge in [0.05, 0.1) is 25.2 Å². The molecule has 0 spiro atoms. The van der Waals surface area contributed by atoms with Crippen LogP contribution in [0, 0.1) is 11.3 Å². The summed E-state index contributed by atoms with van der Waals surface area (Å²) in [6.07, 6.45) is 1.62. The van der Waals surface area contributed by atoms with Crippen LogP contribution in [0.2, 0.25) is 0 Å². The Bertz CT molecular complexity index is 377. The number of nitrogens with zero attached hydrogens (tertiary/aromatic N) is 1. The van der Waals surface area contributed by atoms with Gasteiger partial charge < -0.3 is 14.8 Å². The average Bonchev–Trinajstić information content (AvgIpc) is 2.40. The van der Waals surface area contributed by atoms with Crippen molar-refractivity contribution in [3.05, 3.63) is 29.8 Å². The summed E-state index contributed by atoms with van der Waals surface area (Å²) in [4.78, 5) is 0. The Morgan fingerprint density at radius 3 is 2.82 bits per heavy atom. The lowest BCUT2D eigenvalue weighted by Crippen LogP contribution is -2.30. The van der Waals surface area contributed by atoms with Gasteiger partial charge in [-0.25, -0.2) is 0 Å². The van der Waals surface area contributed by atoms with Gasteiger partial charge in [0.1, 0.15) is 6.79 Å². The Balaban J connectivity index is 1.80. The summed E-state index contributed by atoms with van der Waals surface area (Å²) in [7, 11) is 0.